The largest absolute Gasteiger partial charge is 0.315 e. The second-order valence-corrected chi connectivity index (χ2v) is 8.07. The molecule has 6 heteroatoms. The van der Waals surface area contributed by atoms with Crippen molar-refractivity contribution in [2.45, 2.75) is 24.3 Å². The number of rotatable bonds is 2. The molecule has 104 valence electrons. The number of benzene rings is 1. The van der Waals surface area contributed by atoms with Crippen molar-refractivity contribution in [3.63, 3.8) is 0 Å². The minimum absolute atomic E-state index is 0.128. The van der Waals surface area contributed by atoms with Crippen LogP contribution in [0.2, 0.25) is 0 Å². The zero-order valence-electron chi connectivity index (χ0n) is 10.8. The molecule has 0 unspecified atom stereocenters. The summed E-state index contributed by atoms with van der Waals surface area (Å²) in [6, 6.07) is 5.55. The molecule has 2 aliphatic heterocycles. The van der Waals surface area contributed by atoms with Crippen LogP contribution in [0.4, 0.5) is 0 Å². The van der Waals surface area contributed by atoms with Crippen LogP contribution in [0, 0.1) is 12.8 Å². The second-order valence-electron chi connectivity index (χ2n) is 5.30. The highest BCUT2D eigenvalue weighted by Crippen LogP contribution is 2.33. The zero-order valence-corrected chi connectivity index (χ0v) is 13.2. The Hall–Kier alpha value is -0.430. The van der Waals surface area contributed by atoms with Gasteiger partial charge in [0.2, 0.25) is 10.0 Å². The summed E-state index contributed by atoms with van der Waals surface area (Å²) in [5.41, 5.74) is 0.803. The van der Waals surface area contributed by atoms with Gasteiger partial charge in [0.1, 0.15) is 0 Å². The predicted octanol–water partition coefficient (Wildman–Crippen LogP) is 1.74. The van der Waals surface area contributed by atoms with Gasteiger partial charge in [-0.25, -0.2) is 8.42 Å². The smallest absolute Gasteiger partial charge is 0.243 e. The van der Waals surface area contributed by atoms with Crippen molar-refractivity contribution >= 4 is 26.0 Å². The van der Waals surface area contributed by atoms with Crippen molar-refractivity contribution in [3.8, 4) is 0 Å². The van der Waals surface area contributed by atoms with E-state index in [2.05, 4.69) is 21.2 Å². The van der Waals surface area contributed by atoms with Crippen LogP contribution in [0.5, 0.6) is 0 Å². The molecule has 2 fully saturated rings. The molecule has 2 atom stereocenters. The van der Waals surface area contributed by atoms with Crippen LogP contribution in [0.25, 0.3) is 0 Å². The van der Waals surface area contributed by atoms with E-state index < -0.39 is 10.0 Å². The molecule has 0 amide bonds. The maximum absolute atomic E-state index is 12.8. The lowest BCUT2D eigenvalue weighted by molar-refractivity contribution is 0.382. The summed E-state index contributed by atoms with van der Waals surface area (Å²) in [7, 11) is -3.38. The lowest BCUT2D eigenvalue weighted by Gasteiger charge is -2.23. The Labute approximate surface area is 122 Å². The van der Waals surface area contributed by atoms with E-state index in [9.17, 15) is 8.42 Å². The molecular weight excluding hydrogens is 328 g/mol. The molecule has 1 N–H and O–H groups in total. The lowest BCUT2D eigenvalue weighted by Crippen LogP contribution is -2.39. The van der Waals surface area contributed by atoms with Gasteiger partial charge in [-0.2, -0.15) is 4.31 Å². The van der Waals surface area contributed by atoms with Crippen molar-refractivity contribution < 1.29 is 8.42 Å². The van der Waals surface area contributed by atoms with E-state index >= 15 is 0 Å². The van der Waals surface area contributed by atoms with E-state index in [0.717, 1.165) is 29.5 Å². The Kier molecular flexibility index (Phi) is 3.45. The number of fused-ring (bicyclic) bond motifs is 1. The molecular formula is C13H17BrN2O2S. The first-order chi connectivity index (χ1) is 9.00. The molecule has 3 rings (SSSR count). The van der Waals surface area contributed by atoms with Crippen LogP contribution in [0.15, 0.2) is 27.6 Å². The molecule has 0 bridgehead atoms. The van der Waals surface area contributed by atoms with Gasteiger partial charge in [-0.3, -0.25) is 0 Å². The third kappa shape index (κ3) is 2.24. The van der Waals surface area contributed by atoms with Gasteiger partial charge in [0, 0.05) is 23.6 Å². The van der Waals surface area contributed by atoms with E-state index in [1.807, 2.05) is 19.1 Å². The topological polar surface area (TPSA) is 49.4 Å². The van der Waals surface area contributed by atoms with Gasteiger partial charge in [-0.15, -0.1) is 0 Å². The average molecular weight is 345 g/mol. The van der Waals surface area contributed by atoms with Crippen LogP contribution < -0.4 is 5.32 Å². The molecule has 4 nitrogen and oxygen atoms in total. The number of nitrogens with zero attached hydrogens (tertiary/aromatic N) is 1. The minimum atomic E-state index is -3.38. The van der Waals surface area contributed by atoms with Crippen LogP contribution in [-0.4, -0.2) is 38.4 Å². The maximum atomic E-state index is 12.8. The van der Waals surface area contributed by atoms with Gasteiger partial charge in [0.25, 0.3) is 0 Å². The molecule has 1 aromatic carbocycles. The summed E-state index contributed by atoms with van der Waals surface area (Å²) in [5, 5.41) is 3.29. The summed E-state index contributed by atoms with van der Waals surface area (Å²) in [4.78, 5) is 0.425. The standard InChI is InChI=1S/C13H17BrN2O2S/c1-9-2-3-11(14)6-13(9)19(17,18)16-5-4-10-7-15-8-12(10)16/h2-3,6,10,12,15H,4-5,7-8H2,1H3/t10-,12+/m0/s1. The molecule has 2 heterocycles. The zero-order chi connectivity index (χ0) is 13.6. The first kappa shape index (κ1) is 13.5. The molecule has 0 aromatic heterocycles. The quantitative estimate of drug-likeness (QED) is 0.888. The second kappa shape index (κ2) is 4.84. The van der Waals surface area contributed by atoms with Gasteiger partial charge >= 0.3 is 0 Å². The number of hydrogen-bond donors (Lipinski definition) is 1. The average Bonchev–Trinajstić information content (AvgIpc) is 2.93. The van der Waals surface area contributed by atoms with Gasteiger partial charge in [0.05, 0.1) is 4.90 Å². The number of nitrogens with one attached hydrogen (secondary N) is 1. The molecule has 19 heavy (non-hydrogen) atoms. The van der Waals surface area contributed by atoms with Gasteiger partial charge in [0.15, 0.2) is 0 Å². The summed E-state index contributed by atoms with van der Waals surface area (Å²) in [6.07, 6.45) is 0.962. The highest BCUT2D eigenvalue weighted by Gasteiger charge is 2.44. The molecule has 0 saturated carbocycles. The van der Waals surface area contributed by atoms with E-state index in [1.54, 1.807) is 10.4 Å². The summed E-state index contributed by atoms with van der Waals surface area (Å²) in [6.45, 7) is 4.20. The molecule has 0 aliphatic carbocycles. The Bertz CT molecular complexity index is 603. The van der Waals surface area contributed by atoms with Crippen molar-refractivity contribution in [3.05, 3.63) is 28.2 Å². The first-order valence-electron chi connectivity index (χ1n) is 6.49. The minimum Gasteiger partial charge on any atom is -0.315 e. The fourth-order valence-corrected chi connectivity index (χ4v) is 5.55. The fourth-order valence-electron chi connectivity index (χ4n) is 3.09. The predicted molar refractivity (Wildman–Crippen MR) is 77.5 cm³/mol. The third-order valence-corrected chi connectivity index (χ3v) is 6.69. The van der Waals surface area contributed by atoms with E-state index in [0.29, 0.717) is 17.4 Å². The van der Waals surface area contributed by atoms with Crippen LogP contribution in [-0.2, 0) is 10.0 Å². The Balaban J connectivity index is 2.01. The number of sulfonamides is 1. The van der Waals surface area contributed by atoms with Crippen molar-refractivity contribution in [2.24, 2.45) is 5.92 Å². The van der Waals surface area contributed by atoms with E-state index in [4.69, 9.17) is 0 Å². The number of halogens is 1. The molecule has 0 radical (unpaired) electrons. The normalized spacial score (nSPS) is 27.7. The Morgan fingerprint density at radius 3 is 2.95 bits per heavy atom. The maximum Gasteiger partial charge on any atom is 0.243 e. The highest BCUT2D eigenvalue weighted by atomic mass is 79.9. The fraction of sp³-hybridized carbons (Fsp3) is 0.538. The highest BCUT2D eigenvalue weighted by molar-refractivity contribution is 9.10. The van der Waals surface area contributed by atoms with Crippen molar-refractivity contribution in [1.29, 1.82) is 0 Å². The van der Waals surface area contributed by atoms with Gasteiger partial charge < -0.3 is 5.32 Å². The van der Waals surface area contributed by atoms with Crippen LogP contribution in [0.3, 0.4) is 0 Å². The number of hydrogen-bond acceptors (Lipinski definition) is 3. The molecule has 2 aliphatic rings. The monoisotopic (exact) mass is 344 g/mol. The van der Waals surface area contributed by atoms with Gasteiger partial charge in [-0.05, 0) is 43.5 Å². The summed E-state index contributed by atoms with van der Waals surface area (Å²) < 4.78 is 28.1. The van der Waals surface area contributed by atoms with Crippen LogP contribution in [0.1, 0.15) is 12.0 Å². The Morgan fingerprint density at radius 1 is 1.37 bits per heavy atom. The Morgan fingerprint density at radius 2 is 2.16 bits per heavy atom. The molecule has 1 aromatic rings. The summed E-state index contributed by atoms with van der Waals surface area (Å²) >= 11 is 3.36. The van der Waals surface area contributed by atoms with Crippen molar-refractivity contribution in [1.82, 2.24) is 9.62 Å². The first-order valence-corrected chi connectivity index (χ1v) is 8.72. The van der Waals surface area contributed by atoms with Crippen molar-refractivity contribution in [2.75, 3.05) is 19.6 Å². The summed E-state index contributed by atoms with van der Waals surface area (Å²) in [5.74, 6) is 0.474. The lowest BCUT2D eigenvalue weighted by atomic mass is 10.1. The molecule has 2 saturated heterocycles. The van der Waals surface area contributed by atoms with Gasteiger partial charge in [-0.1, -0.05) is 22.0 Å². The van der Waals surface area contributed by atoms with E-state index in [1.165, 1.54) is 0 Å². The SMILES string of the molecule is Cc1ccc(Br)cc1S(=O)(=O)N1CC[C@H]2CNC[C@H]21. The van der Waals surface area contributed by atoms with E-state index in [-0.39, 0.29) is 6.04 Å². The number of aryl methyl sites for hydroxylation is 1. The third-order valence-electron chi connectivity index (χ3n) is 4.13. The van der Waals surface area contributed by atoms with Crippen LogP contribution >= 0.6 is 15.9 Å². The molecule has 0 spiro atoms.